The lowest BCUT2D eigenvalue weighted by molar-refractivity contribution is -0.130. The maximum Gasteiger partial charge on any atom is 0.241 e. The van der Waals surface area contributed by atoms with Crippen molar-refractivity contribution >= 4 is 5.91 Å². The maximum atomic E-state index is 12.1. The lowest BCUT2D eigenvalue weighted by Crippen LogP contribution is -2.37. The summed E-state index contributed by atoms with van der Waals surface area (Å²) in [6, 6.07) is 0.0404. The van der Waals surface area contributed by atoms with Gasteiger partial charge in [0.2, 0.25) is 5.91 Å². The summed E-state index contributed by atoms with van der Waals surface area (Å²) >= 11 is 0. The van der Waals surface area contributed by atoms with Gasteiger partial charge in [0.15, 0.2) is 0 Å². The lowest BCUT2D eigenvalue weighted by atomic mass is 10.0. The van der Waals surface area contributed by atoms with Crippen molar-refractivity contribution in [1.82, 2.24) is 15.1 Å². The largest absolute Gasteiger partial charge is 0.328 e. The summed E-state index contributed by atoms with van der Waals surface area (Å²) in [5.41, 5.74) is 0. The number of nitrogens with zero attached hydrogens (tertiary/aromatic N) is 2. The van der Waals surface area contributed by atoms with E-state index in [2.05, 4.69) is 31.0 Å². The quantitative estimate of drug-likeness (QED) is 0.786. The lowest BCUT2D eigenvalue weighted by Gasteiger charge is -2.21. The van der Waals surface area contributed by atoms with E-state index in [0.29, 0.717) is 17.7 Å². The average molecular weight is 239 g/mol. The Hall–Kier alpha value is -0.610. The predicted molar refractivity (Wildman–Crippen MR) is 68.6 cm³/mol. The number of carbonyl (C=O) groups is 1. The number of nitrogens with one attached hydrogen (secondary N) is 1. The van der Waals surface area contributed by atoms with Crippen molar-refractivity contribution in [3.8, 4) is 0 Å². The van der Waals surface area contributed by atoms with Crippen molar-refractivity contribution < 1.29 is 4.79 Å². The number of amides is 1. The topological polar surface area (TPSA) is 35.6 Å². The molecule has 2 heterocycles. The number of likely N-dealkylation sites (tertiary alicyclic amines) is 1. The first kappa shape index (κ1) is 12.8. The van der Waals surface area contributed by atoms with Crippen LogP contribution in [0, 0.1) is 11.8 Å². The normalized spacial score (nSPS) is 30.8. The fourth-order valence-electron chi connectivity index (χ4n) is 2.91. The van der Waals surface area contributed by atoms with Crippen molar-refractivity contribution in [2.45, 2.75) is 33.2 Å². The first-order valence-electron chi connectivity index (χ1n) is 6.86. The van der Waals surface area contributed by atoms with E-state index in [4.69, 9.17) is 0 Å². The molecule has 1 N–H and O–H groups in total. The standard InChI is InChI=1S/C13H25N3O/c1-4-15-6-5-11(7-15)8-16-9-14-12(10(2)3)13(16)17/h10-12,14H,4-9H2,1-3H3. The molecular weight excluding hydrogens is 214 g/mol. The van der Waals surface area contributed by atoms with Crippen molar-refractivity contribution in [2.24, 2.45) is 11.8 Å². The van der Waals surface area contributed by atoms with Crippen LogP contribution >= 0.6 is 0 Å². The highest BCUT2D eigenvalue weighted by Crippen LogP contribution is 2.19. The molecule has 0 saturated carbocycles. The highest BCUT2D eigenvalue weighted by atomic mass is 16.2. The van der Waals surface area contributed by atoms with Crippen LogP contribution < -0.4 is 5.32 Å². The molecule has 2 atom stereocenters. The van der Waals surface area contributed by atoms with Gasteiger partial charge in [-0.3, -0.25) is 10.1 Å². The summed E-state index contributed by atoms with van der Waals surface area (Å²) in [6.45, 7) is 11.6. The van der Waals surface area contributed by atoms with E-state index in [1.165, 1.54) is 13.0 Å². The molecule has 1 amide bonds. The SMILES string of the molecule is CCN1CCC(CN2CNC(C(C)C)C2=O)C1. The molecule has 2 rings (SSSR count). The van der Waals surface area contributed by atoms with Gasteiger partial charge in [0.25, 0.3) is 0 Å². The van der Waals surface area contributed by atoms with Gasteiger partial charge in [-0.1, -0.05) is 20.8 Å². The fraction of sp³-hybridized carbons (Fsp3) is 0.923. The molecule has 98 valence electrons. The van der Waals surface area contributed by atoms with E-state index < -0.39 is 0 Å². The second-order valence-corrected chi connectivity index (χ2v) is 5.69. The molecule has 0 aromatic rings. The second kappa shape index (κ2) is 5.36. The first-order chi connectivity index (χ1) is 8.11. The van der Waals surface area contributed by atoms with Crippen molar-refractivity contribution in [3.63, 3.8) is 0 Å². The Kier molecular flexibility index (Phi) is 4.05. The maximum absolute atomic E-state index is 12.1. The molecular formula is C13H25N3O. The van der Waals surface area contributed by atoms with Crippen LogP contribution in [-0.2, 0) is 4.79 Å². The van der Waals surface area contributed by atoms with Crippen LogP contribution in [0.2, 0.25) is 0 Å². The Morgan fingerprint density at radius 2 is 2.24 bits per heavy atom. The van der Waals surface area contributed by atoms with Gasteiger partial charge in [0, 0.05) is 13.1 Å². The zero-order valence-electron chi connectivity index (χ0n) is 11.3. The molecule has 2 saturated heterocycles. The third kappa shape index (κ3) is 2.80. The summed E-state index contributed by atoms with van der Waals surface area (Å²) in [5.74, 6) is 1.37. The van der Waals surface area contributed by atoms with Gasteiger partial charge in [-0.2, -0.15) is 0 Å². The summed E-state index contributed by atoms with van der Waals surface area (Å²) in [4.78, 5) is 16.6. The van der Waals surface area contributed by atoms with E-state index in [1.807, 2.05) is 4.90 Å². The Balaban J connectivity index is 1.83. The molecule has 2 aliphatic rings. The Labute approximate surface area is 104 Å². The van der Waals surface area contributed by atoms with Crippen LogP contribution in [0.3, 0.4) is 0 Å². The number of hydrogen-bond acceptors (Lipinski definition) is 3. The van der Waals surface area contributed by atoms with Crippen LogP contribution in [-0.4, -0.2) is 54.6 Å². The molecule has 0 aliphatic carbocycles. The smallest absolute Gasteiger partial charge is 0.241 e. The van der Waals surface area contributed by atoms with Gasteiger partial charge < -0.3 is 9.80 Å². The van der Waals surface area contributed by atoms with Crippen molar-refractivity contribution in [3.05, 3.63) is 0 Å². The van der Waals surface area contributed by atoms with E-state index in [1.54, 1.807) is 0 Å². The Morgan fingerprint density at radius 1 is 1.47 bits per heavy atom. The van der Waals surface area contributed by atoms with Gasteiger partial charge in [-0.05, 0) is 31.3 Å². The molecule has 0 aromatic heterocycles. The minimum absolute atomic E-state index is 0.0404. The van der Waals surface area contributed by atoms with Gasteiger partial charge in [-0.15, -0.1) is 0 Å². The highest BCUT2D eigenvalue weighted by molar-refractivity contribution is 5.84. The summed E-state index contributed by atoms with van der Waals surface area (Å²) < 4.78 is 0. The van der Waals surface area contributed by atoms with E-state index in [-0.39, 0.29) is 6.04 Å². The molecule has 4 nitrogen and oxygen atoms in total. The van der Waals surface area contributed by atoms with E-state index in [0.717, 1.165) is 26.3 Å². The molecule has 0 bridgehead atoms. The third-order valence-electron chi connectivity index (χ3n) is 4.04. The highest BCUT2D eigenvalue weighted by Gasteiger charge is 2.35. The molecule has 17 heavy (non-hydrogen) atoms. The molecule has 4 heteroatoms. The number of hydrogen-bond donors (Lipinski definition) is 1. The number of rotatable bonds is 4. The second-order valence-electron chi connectivity index (χ2n) is 5.69. The summed E-state index contributed by atoms with van der Waals surface area (Å²) in [5, 5.41) is 3.32. The van der Waals surface area contributed by atoms with Gasteiger partial charge in [0.1, 0.15) is 0 Å². The zero-order chi connectivity index (χ0) is 12.4. The Bertz CT molecular complexity index is 280. The molecule has 0 radical (unpaired) electrons. The van der Waals surface area contributed by atoms with Crippen molar-refractivity contribution in [1.29, 1.82) is 0 Å². The van der Waals surface area contributed by atoms with Crippen LogP contribution in [0.25, 0.3) is 0 Å². The van der Waals surface area contributed by atoms with Crippen molar-refractivity contribution in [2.75, 3.05) is 32.8 Å². The van der Waals surface area contributed by atoms with Crippen LogP contribution in [0.15, 0.2) is 0 Å². The van der Waals surface area contributed by atoms with Gasteiger partial charge in [0.05, 0.1) is 12.7 Å². The fourth-order valence-corrected chi connectivity index (χ4v) is 2.91. The molecule has 2 unspecified atom stereocenters. The first-order valence-corrected chi connectivity index (χ1v) is 6.86. The zero-order valence-corrected chi connectivity index (χ0v) is 11.3. The molecule has 2 aliphatic heterocycles. The average Bonchev–Trinajstić information content (AvgIpc) is 2.87. The minimum Gasteiger partial charge on any atom is -0.328 e. The molecule has 0 spiro atoms. The van der Waals surface area contributed by atoms with Crippen LogP contribution in [0.4, 0.5) is 0 Å². The number of carbonyl (C=O) groups excluding carboxylic acids is 1. The molecule has 0 aromatic carbocycles. The monoisotopic (exact) mass is 239 g/mol. The minimum atomic E-state index is 0.0404. The van der Waals surface area contributed by atoms with Gasteiger partial charge >= 0.3 is 0 Å². The predicted octanol–water partition coefficient (Wildman–Crippen LogP) is 0.742. The summed E-state index contributed by atoms with van der Waals surface area (Å²) in [6.07, 6.45) is 1.24. The van der Waals surface area contributed by atoms with E-state index >= 15 is 0 Å². The Morgan fingerprint density at radius 3 is 2.76 bits per heavy atom. The van der Waals surface area contributed by atoms with Crippen LogP contribution in [0.5, 0.6) is 0 Å². The summed E-state index contributed by atoms with van der Waals surface area (Å²) in [7, 11) is 0. The van der Waals surface area contributed by atoms with Gasteiger partial charge in [-0.25, -0.2) is 0 Å². The van der Waals surface area contributed by atoms with E-state index in [9.17, 15) is 4.79 Å². The third-order valence-corrected chi connectivity index (χ3v) is 4.04. The van der Waals surface area contributed by atoms with Crippen LogP contribution in [0.1, 0.15) is 27.2 Å². The molecule has 2 fully saturated rings.